The van der Waals surface area contributed by atoms with Crippen molar-refractivity contribution in [3.8, 4) is 5.75 Å². The number of carbonyl (C=O) groups is 1. The molecule has 2 N–H and O–H groups in total. The van der Waals surface area contributed by atoms with Crippen LogP contribution >= 0.6 is 0 Å². The number of benzene rings is 2. The quantitative estimate of drug-likeness (QED) is 0.914. The number of hydrogen-bond donors (Lipinski definition) is 2. The average molecular weight is 311 g/mol. The summed E-state index contributed by atoms with van der Waals surface area (Å²) in [6.45, 7) is 1.98. The first-order valence-electron chi connectivity index (χ1n) is 7.68. The first-order chi connectivity index (χ1) is 10.9. The fourth-order valence-corrected chi connectivity index (χ4v) is 3.15. The van der Waals surface area contributed by atoms with E-state index in [-0.39, 0.29) is 11.5 Å². The molecule has 0 bridgehead atoms. The summed E-state index contributed by atoms with van der Waals surface area (Å²) in [4.78, 5) is 14.4. The zero-order chi connectivity index (χ0) is 16.7. The maximum Gasteiger partial charge on any atom is 0.153 e. The van der Waals surface area contributed by atoms with Gasteiger partial charge in [-0.1, -0.05) is 35.9 Å². The second-order valence-electron chi connectivity index (χ2n) is 6.40. The van der Waals surface area contributed by atoms with E-state index in [9.17, 15) is 15.0 Å². The Morgan fingerprint density at radius 3 is 2.17 bits per heavy atom. The van der Waals surface area contributed by atoms with Crippen LogP contribution in [0.4, 0.5) is 5.69 Å². The van der Waals surface area contributed by atoms with E-state index in [2.05, 4.69) is 0 Å². The Balaban J connectivity index is 1.86. The van der Waals surface area contributed by atoms with Crippen molar-refractivity contribution in [3.63, 3.8) is 0 Å². The van der Waals surface area contributed by atoms with Crippen molar-refractivity contribution < 1.29 is 15.0 Å². The summed E-state index contributed by atoms with van der Waals surface area (Å²) < 4.78 is 0. The summed E-state index contributed by atoms with van der Waals surface area (Å²) in [7, 11) is 3.76. The van der Waals surface area contributed by atoms with Crippen LogP contribution in [0.25, 0.3) is 0 Å². The molecule has 3 unspecified atom stereocenters. The Morgan fingerprint density at radius 1 is 1.00 bits per heavy atom. The molecule has 23 heavy (non-hydrogen) atoms. The van der Waals surface area contributed by atoms with Gasteiger partial charge >= 0.3 is 0 Å². The molecular formula is C19H21NO3. The van der Waals surface area contributed by atoms with Gasteiger partial charge in [-0.15, -0.1) is 0 Å². The van der Waals surface area contributed by atoms with Gasteiger partial charge in [-0.25, -0.2) is 0 Å². The van der Waals surface area contributed by atoms with E-state index in [1.54, 1.807) is 12.1 Å². The Morgan fingerprint density at radius 2 is 1.65 bits per heavy atom. The lowest BCUT2D eigenvalue weighted by Gasteiger charge is -2.40. The van der Waals surface area contributed by atoms with Crippen molar-refractivity contribution in [2.75, 3.05) is 19.0 Å². The second-order valence-corrected chi connectivity index (χ2v) is 6.40. The van der Waals surface area contributed by atoms with Gasteiger partial charge in [-0.2, -0.15) is 0 Å². The van der Waals surface area contributed by atoms with Crippen molar-refractivity contribution in [3.05, 3.63) is 59.2 Å². The predicted octanol–water partition coefficient (Wildman–Crippen LogP) is 2.58. The third-order valence-corrected chi connectivity index (χ3v) is 4.60. The van der Waals surface area contributed by atoms with Crippen molar-refractivity contribution in [2.24, 2.45) is 0 Å². The van der Waals surface area contributed by atoms with Gasteiger partial charge in [0, 0.05) is 31.4 Å². The summed E-state index contributed by atoms with van der Waals surface area (Å²) in [5.74, 6) is -1.16. The number of ketones is 1. The van der Waals surface area contributed by atoms with Crippen LogP contribution in [-0.2, 0) is 4.79 Å². The molecule has 1 saturated carbocycles. The van der Waals surface area contributed by atoms with E-state index in [0.29, 0.717) is 5.56 Å². The van der Waals surface area contributed by atoms with Crippen molar-refractivity contribution in [1.29, 1.82) is 0 Å². The summed E-state index contributed by atoms with van der Waals surface area (Å²) in [5, 5.41) is 20.7. The summed E-state index contributed by atoms with van der Waals surface area (Å²) in [5.41, 5.74) is 3.29. The van der Waals surface area contributed by atoms with E-state index < -0.39 is 17.9 Å². The molecule has 0 heterocycles. The average Bonchev–Trinajstić information content (AvgIpc) is 2.51. The van der Waals surface area contributed by atoms with Crippen LogP contribution in [-0.4, -0.2) is 36.2 Å². The van der Waals surface area contributed by atoms with E-state index in [4.69, 9.17) is 0 Å². The minimum Gasteiger partial charge on any atom is -0.508 e. The highest BCUT2D eigenvalue weighted by molar-refractivity contribution is 6.00. The molecule has 1 aliphatic rings. The Bertz CT molecular complexity index is 737. The van der Waals surface area contributed by atoms with Gasteiger partial charge < -0.3 is 15.1 Å². The minimum atomic E-state index is -0.804. The molecule has 0 aliphatic heterocycles. The number of rotatable bonds is 3. The molecule has 1 aliphatic carbocycles. The van der Waals surface area contributed by atoms with E-state index >= 15 is 0 Å². The van der Waals surface area contributed by atoms with Gasteiger partial charge in [0.1, 0.15) is 5.75 Å². The molecule has 2 aromatic rings. The lowest BCUT2D eigenvalue weighted by molar-refractivity contribution is -0.137. The van der Waals surface area contributed by atoms with Gasteiger partial charge in [-0.3, -0.25) is 4.79 Å². The number of phenolic OH excluding ortho intramolecular Hbond substituents is 1. The number of carbonyl (C=O) groups excluding carboxylic acids is 1. The Kier molecular flexibility index (Phi) is 3.86. The monoisotopic (exact) mass is 311 g/mol. The molecule has 0 spiro atoms. The molecule has 3 rings (SSSR count). The smallest absolute Gasteiger partial charge is 0.153 e. The highest BCUT2D eigenvalue weighted by Crippen LogP contribution is 2.47. The zero-order valence-electron chi connectivity index (χ0n) is 13.5. The van der Waals surface area contributed by atoms with E-state index in [0.717, 1.165) is 16.8 Å². The largest absolute Gasteiger partial charge is 0.508 e. The first-order valence-corrected chi connectivity index (χ1v) is 7.68. The number of phenols is 1. The van der Waals surface area contributed by atoms with Crippen LogP contribution in [0.2, 0.25) is 0 Å². The molecule has 2 aromatic carbocycles. The molecule has 120 valence electrons. The second kappa shape index (κ2) is 5.70. The molecule has 4 nitrogen and oxygen atoms in total. The van der Waals surface area contributed by atoms with Gasteiger partial charge in [-0.05, 0) is 18.6 Å². The fraction of sp³-hybridized carbons (Fsp3) is 0.316. The summed E-state index contributed by atoms with van der Waals surface area (Å²) >= 11 is 0. The molecule has 0 radical (unpaired) electrons. The first kappa shape index (κ1) is 15.6. The number of aliphatic hydroxyl groups is 1. The zero-order valence-corrected chi connectivity index (χ0v) is 13.5. The Hall–Kier alpha value is -2.33. The number of nitrogens with zero attached hydrogens (tertiary/aromatic N) is 1. The van der Waals surface area contributed by atoms with Crippen molar-refractivity contribution in [2.45, 2.75) is 24.9 Å². The molecule has 0 amide bonds. The number of aliphatic hydroxyl groups excluding tert-OH is 1. The van der Waals surface area contributed by atoms with Crippen LogP contribution in [0, 0.1) is 6.92 Å². The van der Waals surface area contributed by atoms with Crippen molar-refractivity contribution in [1.82, 2.24) is 0 Å². The van der Waals surface area contributed by atoms with Gasteiger partial charge in [0.2, 0.25) is 0 Å². The fourth-order valence-electron chi connectivity index (χ4n) is 3.15. The maximum atomic E-state index is 12.5. The summed E-state index contributed by atoms with van der Waals surface area (Å²) in [6, 6.07) is 12.8. The van der Waals surface area contributed by atoms with Crippen LogP contribution < -0.4 is 4.90 Å². The number of hydrogen-bond acceptors (Lipinski definition) is 4. The van der Waals surface area contributed by atoms with Crippen molar-refractivity contribution >= 4 is 11.5 Å². The topological polar surface area (TPSA) is 60.8 Å². The third-order valence-electron chi connectivity index (χ3n) is 4.60. The standard InChI is InChI=1S/C19H21NO3/c1-11-4-6-12(7-5-11)16-18(22)17(19(16)23)14-9-8-13(20(2)3)10-15(14)21/h4-10,16-18,21-22H,1-3H3. The van der Waals surface area contributed by atoms with Gasteiger partial charge in [0.15, 0.2) is 5.78 Å². The molecule has 0 aromatic heterocycles. The minimum absolute atomic E-state index is 0.0470. The highest BCUT2D eigenvalue weighted by atomic mass is 16.3. The molecular weight excluding hydrogens is 290 g/mol. The molecule has 1 fully saturated rings. The van der Waals surface area contributed by atoms with Crippen LogP contribution in [0.15, 0.2) is 42.5 Å². The number of aryl methyl sites for hydroxylation is 1. The van der Waals surface area contributed by atoms with Gasteiger partial charge in [0.25, 0.3) is 0 Å². The van der Waals surface area contributed by atoms with E-state index in [1.165, 1.54) is 0 Å². The molecule has 0 saturated heterocycles. The summed E-state index contributed by atoms with van der Waals surface area (Å²) in [6.07, 6.45) is -0.804. The molecule has 3 atom stereocenters. The van der Waals surface area contributed by atoms with Crippen LogP contribution in [0.5, 0.6) is 5.75 Å². The third kappa shape index (κ3) is 2.59. The lowest BCUT2D eigenvalue weighted by Crippen LogP contribution is -2.48. The highest BCUT2D eigenvalue weighted by Gasteiger charge is 2.51. The Labute approximate surface area is 136 Å². The number of aromatic hydroxyl groups is 1. The SMILES string of the molecule is Cc1ccc(C2C(=O)C(c3ccc(N(C)C)cc3O)C2O)cc1. The number of anilines is 1. The predicted molar refractivity (Wildman–Crippen MR) is 90.1 cm³/mol. The normalized spacial score (nSPS) is 23.5. The number of Topliss-reactive ketones (excluding diaryl/α,β-unsaturated/α-hetero) is 1. The van der Waals surface area contributed by atoms with E-state index in [1.807, 2.05) is 56.3 Å². The lowest BCUT2D eigenvalue weighted by atomic mass is 9.64. The maximum absolute atomic E-state index is 12.5. The van der Waals surface area contributed by atoms with Crippen LogP contribution in [0.3, 0.4) is 0 Å². The van der Waals surface area contributed by atoms with Crippen LogP contribution in [0.1, 0.15) is 28.5 Å². The van der Waals surface area contributed by atoms with Gasteiger partial charge in [0.05, 0.1) is 17.9 Å². The molecule has 4 heteroatoms.